The van der Waals surface area contributed by atoms with Crippen LogP contribution in [0.4, 0.5) is 5.13 Å². The van der Waals surface area contributed by atoms with Crippen LogP contribution >= 0.6 is 11.3 Å². The van der Waals surface area contributed by atoms with Crippen LogP contribution < -0.4 is 5.32 Å². The van der Waals surface area contributed by atoms with Crippen LogP contribution in [0.1, 0.15) is 42.7 Å². The molecule has 0 bridgehead atoms. The van der Waals surface area contributed by atoms with Crippen LogP contribution in [-0.2, 0) is 12.8 Å². The lowest BCUT2D eigenvalue weighted by atomic mass is 9.90. The zero-order valence-electron chi connectivity index (χ0n) is 12.5. The minimum atomic E-state index is 0.428. The molecule has 0 saturated carbocycles. The number of aromatic nitrogens is 1. The lowest BCUT2D eigenvalue weighted by molar-refractivity contribution is 0.686. The summed E-state index contributed by atoms with van der Waals surface area (Å²) in [6, 6.07) is 7.33. The van der Waals surface area contributed by atoms with Gasteiger partial charge >= 0.3 is 0 Å². The standard InChI is InChI=1S/C17H22N2S/c1-11(2)18-17-19-16(12(3)20-17)15-9-8-13-6-4-5-7-14(13)10-15/h8-11H,4-7H2,1-3H3,(H,18,19). The van der Waals surface area contributed by atoms with E-state index in [-0.39, 0.29) is 0 Å². The Bertz CT molecular complexity index is 613. The summed E-state index contributed by atoms with van der Waals surface area (Å²) in [4.78, 5) is 6.07. The van der Waals surface area contributed by atoms with E-state index in [1.807, 2.05) is 0 Å². The highest BCUT2D eigenvalue weighted by Crippen LogP contribution is 2.33. The Labute approximate surface area is 125 Å². The molecule has 1 heterocycles. The summed E-state index contributed by atoms with van der Waals surface area (Å²) in [5.41, 5.74) is 5.48. The zero-order valence-corrected chi connectivity index (χ0v) is 13.3. The van der Waals surface area contributed by atoms with Gasteiger partial charge in [-0.15, -0.1) is 11.3 Å². The molecule has 0 atom stereocenters. The average Bonchev–Trinajstić information content (AvgIpc) is 2.78. The van der Waals surface area contributed by atoms with Gasteiger partial charge in [0.05, 0.1) is 5.69 Å². The lowest BCUT2D eigenvalue weighted by Crippen LogP contribution is -2.09. The van der Waals surface area contributed by atoms with Gasteiger partial charge in [0, 0.05) is 16.5 Å². The number of benzene rings is 1. The van der Waals surface area contributed by atoms with Crippen molar-refractivity contribution in [3.63, 3.8) is 0 Å². The van der Waals surface area contributed by atoms with Crippen molar-refractivity contribution in [2.75, 3.05) is 5.32 Å². The van der Waals surface area contributed by atoms with E-state index in [2.05, 4.69) is 44.3 Å². The average molecular weight is 286 g/mol. The maximum absolute atomic E-state index is 4.78. The van der Waals surface area contributed by atoms with Crippen molar-refractivity contribution in [1.82, 2.24) is 4.98 Å². The summed E-state index contributed by atoms with van der Waals surface area (Å²) in [6.07, 6.45) is 5.13. The first-order valence-electron chi connectivity index (χ1n) is 7.49. The van der Waals surface area contributed by atoms with Crippen molar-refractivity contribution < 1.29 is 0 Å². The Hall–Kier alpha value is -1.35. The van der Waals surface area contributed by atoms with Crippen molar-refractivity contribution >= 4 is 16.5 Å². The molecule has 0 spiro atoms. The molecule has 0 amide bonds. The van der Waals surface area contributed by atoms with Crippen LogP contribution in [0, 0.1) is 6.92 Å². The fourth-order valence-corrected chi connectivity index (χ4v) is 3.84. The van der Waals surface area contributed by atoms with Crippen molar-refractivity contribution in [3.05, 3.63) is 34.2 Å². The SMILES string of the molecule is Cc1sc(NC(C)C)nc1-c1ccc2c(c1)CCCC2. The monoisotopic (exact) mass is 286 g/mol. The molecule has 3 rings (SSSR count). The summed E-state index contributed by atoms with van der Waals surface area (Å²) < 4.78 is 0. The van der Waals surface area contributed by atoms with Gasteiger partial charge in [-0.2, -0.15) is 0 Å². The Morgan fingerprint density at radius 3 is 2.65 bits per heavy atom. The molecule has 0 unspecified atom stereocenters. The third-order valence-corrected chi connectivity index (χ3v) is 4.73. The smallest absolute Gasteiger partial charge is 0.183 e. The number of thiazole rings is 1. The van der Waals surface area contributed by atoms with Crippen molar-refractivity contribution in [2.45, 2.75) is 52.5 Å². The molecule has 1 N–H and O–H groups in total. The molecule has 1 aromatic carbocycles. The van der Waals surface area contributed by atoms with Crippen LogP contribution in [0.25, 0.3) is 11.3 Å². The zero-order chi connectivity index (χ0) is 14.1. The Morgan fingerprint density at radius 1 is 1.15 bits per heavy atom. The minimum absolute atomic E-state index is 0.428. The Kier molecular flexibility index (Phi) is 3.79. The first-order chi connectivity index (χ1) is 9.63. The minimum Gasteiger partial charge on any atom is -0.359 e. The quantitative estimate of drug-likeness (QED) is 0.875. The molecule has 0 fully saturated rings. The molecule has 2 nitrogen and oxygen atoms in total. The number of nitrogens with one attached hydrogen (secondary N) is 1. The predicted molar refractivity (Wildman–Crippen MR) is 87.7 cm³/mol. The summed E-state index contributed by atoms with van der Waals surface area (Å²) in [7, 11) is 0. The van der Waals surface area contributed by atoms with Crippen molar-refractivity contribution in [2.24, 2.45) is 0 Å². The number of nitrogens with zero attached hydrogens (tertiary/aromatic N) is 1. The molecule has 2 aromatic rings. The van der Waals surface area contributed by atoms with Crippen LogP contribution in [0.5, 0.6) is 0 Å². The van der Waals surface area contributed by atoms with Crippen LogP contribution in [0.3, 0.4) is 0 Å². The molecular formula is C17H22N2S. The maximum Gasteiger partial charge on any atom is 0.183 e. The van der Waals surface area contributed by atoms with Gasteiger partial charge in [0.15, 0.2) is 5.13 Å². The molecule has 0 aliphatic heterocycles. The first-order valence-corrected chi connectivity index (χ1v) is 8.31. The second kappa shape index (κ2) is 5.57. The predicted octanol–water partition coefficient (Wildman–Crippen LogP) is 4.82. The van der Waals surface area contributed by atoms with E-state index < -0.39 is 0 Å². The van der Waals surface area contributed by atoms with Crippen molar-refractivity contribution in [1.29, 1.82) is 0 Å². The maximum atomic E-state index is 4.78. The van der Waals surface area contributed by atoms with Gasteiger partial charge in [0.25, 0.3) is 0 Å². The number of rotatable bonds is 3. The largest absolute Gasteiger partial charge is 0.359 e. The van der Waals surface area contributed by atoms with E-state index in [0.717, 1.165) is 10.8 Å². The number of fused-ring (bicyclic) bond motifs is 1. The first kappa shape index (κ1) is 13.6. The number of aryl methyl sites for hydroxylation is 3. The molecular weight excluding hydrogens is 264 g/mol. The molecule has 3 heteroatoms. The summed E-state index contributed by atoms with van der Waals surface area (Å²) >= 11 is 1.75. The molecule has 1 aliphatic rings. The van der Waals surface area contributed by atoms with E-state index in [1.165, 1.54) is 47.3 Å². The van der Waals surface area contributed by atoms with Gasteiger partial charge in [-0.1, -0.05) is 12.1 Å². The number of anilines is 1. The molecule has 20 heavy (non-hydrogen) atoms. The van der Waals surface area contributed by atoms with Gasteiger partial charge in [-0.25, -0.2) is 4.98 Å². The third kappa shape index (κ3) is 2.73. The highest BCUT2D eigenvalue weighted by molar-refractivity contribution is 7.16. The van der Waals surface area contributed by atoms with Crippen molar-refractivity contribution in [3.8, 4) is 11.3 Å². The molecule has 0 saturated heterocycles. The van der Waals surface area contributed by atoms with E-state index in [0.29, 0.717) is 6.04 Å². The molecule has 0 radical (unpaired) electrons. The Morgan fingerprint density at radius 2 is 1.90 bits per heavy atom. The van der Waals surface area contributed by atoms with Crippen LogP contribution in [0.15, 0.2) is 18.2 Å². The summed E-state index contributed by atoms with van der Waals surface area (Å²) in [5.74, 6) is 0. The second-order valence-corrected chi connectivity index (χ2v) is 7.12. The van der Waals surface area contributed by atoms with E-state index >= 15 is 0 Å². The molecule has 1 aliphatic carbocycles. The van der Waals surface area contributed by atoms with E-state index in [4.69, 9.17) is 4.98 Å². The summed E-state index contributed by atoms with van der Waals surface area (Å²) in [6.45, 7) is 6.46. The fraction of sp³-hybridized carbons (Fsp3) is 0.471. The normalized spacial score (nSPS) is 14.4. The second-order valence-electron chi connectivity index (χ2n) is 5.91. The lowest BCUT2D eigenvalue weighted by Gasteiger charge is -2.16. The molecule has 106 valence electrons. The van der Waals surface area contributed by atoms with Gasteiger partial charge < -0.3 is 5.32 Å². The highest BCUT2D eigenvalue weighted by Gasteiger charge is 2.14. The van der Waals surface area contributed by atoms with Gasteiger partial charge in [-0.05, 0) is 63.6 Å². The number of hydrogen-bond donors (Lipinski definition) is 1. The summed E-state index contributed by atoms with van der Waals surface area (Å²) in [5, 5.41) is 4.44. The van der Waals surface area contributed by atoms with Crippen LogP contribution in [-0.4, -0.2) is 11.0 Å². The highest BCUT2D eigenvalue weighted by atomic mass is 32.1. The number of hydrogen-bond acceptors (Lipinski definition) is 3. The fourth-order valence-electron chi connectivity index (χ4n) is 2.85. The van der Waals surface area contributed by atoms with Gasteiger partial charge in [-0.3, -0.25) is 0 Å². The van der Waals surface area contributed by atoms with Gasteiger partial charge in [0.2, 0.25) is 0 Å². The van der Waals surface area contributed by atoms with Crippen LogP contribution in [0.2, 0.25) is 0 Å². The van der Waals surface area contributed by atoms with E-state index in [9.17, 15) is 0 Å². The Balaban J connectivity index is 1.94. The van der Waals surface area contributed by atoms with Gasteiger partial charge in [0.1, 0.15) is 0 Å². The molecule has 1 aromatic heterocycles. The van der Waals surface area contributed by atoms with E-state index in [1.54, 1.807) is 11.3 Å². The third-order valence-electron chi connectivity index (χ3n) is 3.83. The topological polar surface area (TPSA) is 24.9 Å².